The van der Waals surface area contributed by atoms with Gasteiger partial charge in [-0.05, 0) is 55.8 Å². The molecule has 0 bridgehead atoms. The molecule has 0 spiro atoms. The van der Waals surface area contributed by atoms with E-state index in [2.05, 4.69) is 16.8 Å². The molecule has 1 N–H and O–H groups in total. The van der Waals surface area contributed by atoms with Crippen molar-refractivity contribution in [1.29, 1.82) is 0 Å². The van der Waals surface area contributed by atoms with Crippen molar-refractivity contribution in [1.82, 2.24) is 14.9 Å². The quantitative estimate of drug-likeness (QED) is 0.934. The first-order valence-electron chi connectivity index (χ1n) is 8.17. The number of hydrogen-bond donors (Lipinski definition) is 1. The highest BCUT2D eigenvalue weighted by Crippen LogP contribution is 2.44. The normalized spacial score (nSPS) is 28.4. The van der Waals surface area contributed by atoms with Crippen molar-refractivity contribution in [3.05, 3.63) is 29.8 Å². The van der Waals surface area contributed by atoms with Gasteiger partial charge in [0.05, 0.1) is 17.1 Å². The first-order valence-corrected chi connectivity index (χ1v) is 8.17. The van der Waals surface area contributed by atoms with Crippen molar-refractivity contribution in [3.8, 4) is 0 Å². The number of halogens is 1. The Bertz CT molecular complexity index is 663. The molecule has 4 rings (SSSR count). The standard InChI is InChI=1S/C17H22FN3/c1-2-8-21-15-9-12(18)6-7-14(15)20-17(21)16-13-5-3-4-11(13)10-19-16/h6-7,9,11,13,16,19H,2-5,8,10H2,1H3. The van der Waals surface area contributed by atoms with Crippen LogP contribution in [0.3, 0.4) is 0 Å². The number of benzene rings is 1. The summed E-state index contributed by atoms with van der Waals surface area (Å²) in [6, 6.07) is 5.29. The van der Waals surface area contributed by atoms with E-state index in [0.717, 1.165) is 42.3 Å². The smallest absolute Gasteiger partial charge is 0.127 e. The molecular formula is C17H22FN3. The Morgan fingerprint density at radius 1 is 1.38 bits per heavy atom. The zero-order valence-electron chi connectivity index (χ0n) is 12.5. The molecule has 0 radical (unpaired) electrons. The SMILES string of the molecule is CCCn1c(C2NCC3CCCC32)nc2ccc(F)cc21. The molecule has 2 fully saturated rings. The lowest BCUT2D eigenvalue weighted by Crippen LogP contribution is -2.22. The topological polar surface area (TPSA) is 29.9 Å². The Balaban J connectivity index is 1.82. The summed E-state index contributed by atoms with van der Waals surface area (Å²) in [5, 5.41) is 3.67. The number of nitrogens with zero attached hydrogens (tertiary/aromatic N) is 2. The number of fused-ring (bicyclic) bond motifs is 2. The van der Waals surface area contributed by atoms with Crippen LogP contribution in [-0.4, -0.2) is 16.1 Å². The zero-order chi connectivity index (χ0) is 14.4. The van der Waals surface area contributed by atoms with Gasteiger partial charge in [-0.2, -0.15) is 0 Å². The molecule has 1 aliphatic heterocycles. The summed E-state index contributed by atoms with van der Waals surface area (Å²) in [7, 11) is 0. The molecule has 3 atom stereocenters. The average molecular weight is 287 g/mol. The van der Waals surface area contributed by atoms with Gasteiger partial charge in [0, 0.05) is 6.54 Å². The van der Waals surface area contributed by atoms with Crippen LogP contribution in [0.2, 0.25) is 0 Å². The molecule has 21 heavy (non-hydrogen) atoms. The van der Waals surface area contributed by atoms with Gasteiger partial charge < -0.3 is 9.88 Å². The molecule has 0 amide bonds. The molecule has 2 aliphatic rings. The Kier molecular flexibility index (Phi) is 3.21. The predicted molar refractivity (Wildman–Crippen MR) is 81.6 cm³/mol. The fraction of sp³-hybridized carbons (Fsp3) is 0.588. The second-order valence-corrected chi connectivity index (χ2v) is 6.50. The third kappa shape index (κ3) is 2.08. The summed E-state index contributed by atoms with van der Waals surface area (Å²) >= 11 is 0. The minimum absolute atomic E-state index is 0.176. The van der Waals surface area contributed by atoms with Crippen molar-refractivity contribution < 1.29 is 4.39 Å². The van der Waals surface area contributed by atoms with E-state index in [9.17, 15) is 4.39 Å². The summed E-state index contributed by atoms with van der Waals surface area (Å²) in [6.07, 6.45) is 5.02. The van der Waals surface area contributed by atoms with Crippen LogP contribution in [0.1, 0.15) is 44.5 Å². The van der Waals surface area contributed by atoms with Crippen molar-refractivity contribution in [2.24, 2.45) is 11.8 Å². The third-order valence-electron chi connectivity index (χ3n) is 5.21. The molecule has 2 heterocycles. The summed E-state index contributed by atoms with van der Waals surface area (Å²) in [4.78, 5) is 4.85. The van der Waals surface area contributed by atoms with Crippen LogP contribution in [0.25, 0.3) is 11.0 Å². The Labute approximate surface area is 124 Å². The van der Waals surface area contributed by atoms with Crippen molar-refractivity contribution in [2.45, 2.75) is 45.2 Å². The molecule has 1 saturated heterocycles. The lowest BCUT2D eigenvalue weighted by atomic mass is 9.93. The van der Waals surface area contributed by atoms with Crippen molar-refractivity contribution in [2.75, 3.05) is 6.54 Å². The van der Waals surface area contributed by atoms with Crippen molar-refractivity contribution >= 4 is 11.0 Å². The van der Waals surface area contributed by atoms with Crippen LogP contribution in [0.15, 0.2) is 18.2 Å². The maximum absolute atomic E-state index is 13.6. The zero-order valence-corrected chi connectivity index (χ0v) is 12.5. The third-order valence-corrected chi connectivity index (χ3v) is 5.21. The number of aromatic nitrogens is 2. The van der Waals surface area contributed by atoms with Gasteiger partial charge in [0.25, 0.3) is 0 Å². The molecule has 112 valence electrons. The number of aryl methyl sites for hydroxylation is 1. The molecule has 1 aromatic carbocycles. The highest BCUT2D eigenvalue weighted by molar-refractivity contribution is 5.76. The van der Waals surface area contributed by atoms with E-state index in [0.29, 0.717) is 12.0 Å². The Morgan fingerprint density at radius 3 is 3.14 bits per heavy atom. The maximum Gasteiger partial charge on any atom is 0.127 e. The van der Waals surface area contributed by atoms with Crippen LogP contribution < -0.4 is 5.32 Å². The highest BCUT2D eigenvalue weighted by Gasteiger charge is 2.41. The first-order chi connectivity index (χ1) is 10.3. The van der Waals surface area contributed by atoms with Gasteiger partial charge in [0.1, 0.15) is 11.6 Å². The van der Waals surface area contributed by atoms with Crippen molar-refractivity contribution in [3.63, 3.8) is 0 Å². The van der Waals surface area contributed by atoms with Crippen LogP contribution in [0.4, 0.5) is 4.39 Å². The summed E-state index contributed by atoms with van der Waals surface area (Å²) in [6.45, 7) is 4.18. The molecule has 3 unspecified atom stereocenters. The minimum Gasteiger partial charge on any atom is -0.327 e. The monoisotopic (exact) mass is 287 g/mol. The number of rotatable bonds is 3. The molecule has 3 nitrogen and oxygen atoms in total. The van der Waals surface area contributed by atoms with Gasteiger partial charge in [0.15, 0.2) is 0 Å². The fourth-order valence-corrected chi connectivity index (χ4v) is 4.28. The van der Waals surface area contributed by atoms with E-state index in [-0.39, 0.29) is 5.82 Å². The lowest BCUT2D eigenvalue weighted by molar-refractivity contribution is 0.396. The van der Waals surface area contributed by atoms with Gasteiger partial charge in [-0.3, -0.25) is 0 Å². The summed E-state index contributed by atoms with van der Waals surface area (Å²) in [5.41, 5.74) is 1.86. The van der Waals surface area contributed by atoms with Crippen LogP contribution in [0.5, 0.6) is 0 Å². The predicted octanol–water partition coefficient (Wildman–Crippen LogP) is 3.65. The Hall–Kier alpha value is -1.42. The summed E-state index contributed by atoms with van der Waals surface area (Å²) in [5.74, 6) is 2.46. The molecule has 1 saturated carbocycles. The maximum atomic E-state index is 13.6. The van der Waals surface area contributed by atoms with E-state index in [1.807, 2.05) is 0 Å². The number of nitrogens with one attached hydrogen (secondary N) is 1. The van der Waals surface area contributed by atoms with Gasteiger partial charge in [-0.1, -0.05) is 13.3 Å². The Morgan fingerprint density at radius 2 is 2.29 bits per heavy atom. The van der Waals surface area contributed by atoms with E-state index in [1.165, 1.54) is 25.3 Å². The van der Waals surface area contributed by atoms with Crippen LogP contribution in [0, 0.1) is 17.7 Å². The van der Waals surface area contributed by atoms with Crippen LogP contribution >= 0.6 is 0 Å². The van der Waals surface area contributed by atoms with Gasteiger partial charge in [-0.25, -0.2) is 9.37 Å². The summed E-state index contributed by atoms with van der Waals surface area (Å²) < 4.78 is 15.8. The van der Waals surface area contributed by atoms with Crippen LogP contribution in [-0.2, 0) is 6.54 Å². The van der Waals surface area contributed by atoms with E-state index in [1.54, 1.807) is 12.1 Å². The molecule has 4 heteroatoms. The highest BCUT2D eigenvalue weighted by atomic mass is 19.1. The second kappa shape index (κ2) is 5.09. The lowest BCUT2D eigenvalue weighted by Gasteiger charge is -2.19. The molecule has 1 aromatic heterocycles. The minimum atomic E-state index is -0.176. The fourth-order valence-electron chi connectivity index (χ4n) is 4.28. The van der Waals surface area contributed by atoms with Gasteiger partial charge >= 0.3 is 0 Å². The second-order valence-electron chi connectivity index (χ2n) is 6.50. The van der Waals surface area contributed by atoms with Gasteiger partial charge in [0.2, 0.25) is 0 Å². The van der Waals surface area contributed by atoms with E-state index < -0.39 is 0 Å². The first kappa shape index (κ1) is 13.3. The largest absolute Gasteiger partial charge is 0.327 e. The number of imidazole rings is 1. The van der Waals surface area contributed by atoms with E-state index in [4.69, 9.17) is 4.98 Å². The van der Waals surface area contributed by atoms with Gasteiger partial charge in [-0.15, -0.1) is 0 Å². The average Bonchev–Trinajstić information content (AvgIpc) is 3.14. The van der Waals surface area contributed by atoms with E-state index >= 15 is 0 Å². The molecule has 2 aromatic rings. The number of hydrogen-bond acceptors (Lipinski definition) is 2. The molecular weight excluding hydrogens is 265 g/mol. The molecule has 1 aliphatic carbocycles.